The molecule has 1 amide bonds. The van der Waals surface area contributed by atoms with E-state index in [9.17, 15) is 4.79 Å². The molecular weight excluding hydrogens is 218 g/mol. The predicted molar refractivity (Wildman–Crippen MR) is 67.4 cm³/mol. The fourth-order valence-electron chi connectivity index (χ4n) is 1.21. The van der Waals surface area contributed by atoms with Crippen molar-refractivity contribution in [2.45, 2.75) is 20.0 Å². The van der Waals surface area contributed by atoms with Crippen LogP contribution >= 0.6 is 0 Å². The number of rotatable bonds is 5. The van der Waals surface area contributed by atoms with Gasteiger partial charge in [0, 0.05) is 11.8 Å². The zero-order valence-electron chi connectivity index (χ0n) is 10.1. The highest BCUT2D eigenvalue weighted by atomic mass is 16.5. The van der Waals surface area contributed by atoms with Crippen molar-refractivity contribution in [1.29, 1.82) is 0 Å². The Morgan fingerprint density at radius 3 is 2.94 bits per heavy atom. The molecule has 0 spiro atoms. The molecule has 0 saturated heterocycles. The highest BCUT2D eigenvalue weighted by molar-refractivity contribution is 5.84. The van der Waals surface area contributed by atoms with Gasteiger partial charge >= 0.3 is 6.09 Å². The molecule has 1 N–H and O–H groups in total. The Morgan fingerprint density at radius 2 is 2.29 bits per heavy atom. The number of hydrogen-bond acceptors (Lipinski definition) is 3. The maximum absolute atomic E-state index is 11.3. The van der Waals surface area contributed by atoms with Crippen LogP contribution in [0.1, 0.15) is 13.8 Å². The second kappa shape index (κ2) is 6.58. The van der Waals surface area contributed by atoms with E-state index >= 15 is 0 Å². The van der Waals surface area contributed by atoms with Gasteiger partial charge in [-0.15, -0.1) is 0 Å². The molecule has 4 heteroatoms. The van der Waals surface area contributed by atoms with Gasteiger partial charge in [-0.25, -0.2) is 4.79 Å². The van der Waals surface area contributed by atoms with Crippen LogP contribution in [0.3, 0.4) is 0 Å². The minimum atomic E-state index is -0.508. The van der Waals surface area contributed by atoms with Gasteiger partial charge in [0.25, 0.3) is 0 Å². The Bertz CT molecular complexity index is 388. The zero-order chi connectivity index (χ0) is 12.7. The van der Waals surface area contributed by atoms with Gasteiger partial charge in [0.2, 0.25) is 0 Å². The molecule has 0 saturated carbocycles. The van der Waals surface area contributed by atoms with Crippen molar-refractivity contribution in [3.63, 3.8) is 0 Å². The third-order valence-corrected chi connectivity index (χ3v) is 1.78. The van der Waals surface area contributed by atoms with E-state index in [1.807, 2.05) is 19.9 Å². The second-order valence-corrected chi connectivity index (χ2v) is 3.71. The molecular formula is C13H17NO3. The van der Waals surface area contributed by atoms with Crippen molar-refractivity contribution in [2.24, 2.45) is 0 Å². The van der Waals surface area contributed by atoms with Crippen LogP contribution in [0, 0.1) is 0 Å². The number of benzene rings is 1. The first-order valence-electron chi connectivity index (χ1n) is 5.43. The third kappa shape index (κ3) is 5.06. The van der Waals surface area contributed by atoms with Crippen LogP contribution in [-0.4, -0.2) is 18.8 Å². The summed E-state index contributed by atoms with van der Waals surface area (Å²) in [6.07, 6.45) is 1.10. The van der Waals surface area contributed by atoms with Crippen molar-refractivity contribution in [3.05, 3.63) is 36.9 Å². The molecule has 0 aromatic heterocycles. The van der Waals surface area contributed by atoms with E-state index in [1.165, 1.54) is 6.08 Å². The van der Waals surface area contributed by atoms with Gasteiger partial charge in [0.15, 0.2) is 0 Å². The molecule has 17 heavy (non-hydrogen) atoms. The van der Waals surface area contributed by atoms with Gasteiger partial charge < -0.3 is 9.47 Å². The second-order valence-electron chi connectivity index (χ2n) is 3.71. The van der Waals surface area contributed by atoms with E-state index in [4.69, 9.17) is 9.47 Å². The molecule has 0 bridgehead atoms. The quantitative estimate of drug-likeness (QED) is 0.797. The number of hydrogen-bond donors (Lipinski definition) is 1. The van der Waals surface area contributed by atoms with Crippen molar-refractivity contribution in [2.75, 3.05) is 11.9 Å². The summed E-state index contributed by atoms with van der Waals surface area (Å²) in [6, 6.07) is 7.15. The average molecular weight is 235 g/mol. The summed E-state index contributed by atoms with van der Waals surface area (Å²) in [7, 11) is 0. The number of anilines is 1. The van der Waals surface area contributed by atoms with Crippen molar-refractivity contribution in [3.8, 4) is 5.75 Å². The first-order valence-corrected chi connectivity index (χ1v) is 5.43. The first kappa shape index (κ1) is 13.1. The van der Waals surface area contributed by atoms with Crippen molar-refractivity contribution in [1.82, 2.24) is 0 Å². The van der Waals surface area contributed by atoms with Gasteiger partial charge in [-0.3, -0.25) is 5.32 Å². The molecule has 1 aromatic rings. The van der Waals surface area contributed by atoms with E-state index < -0.39 is 6.09 Å². The van der Waals surface area contributed by atoms with Gasteiger partial charge in [-0.2, -0.15) is 0 Å². The van der Waals surface area contributed by atoms with E-state index in [-0.39, 0.29) is 12.7 Å². The summed E-state index contributed by atoms with van der Waals surface area (Å²) in [5.74, 6) is 0.710. The van der Waals surface area contributed by atoms with Gasteiger partial charge in [-0.1, -0.05) is 18.7 Å². The van der Waals surface area contributed by atoms with E-state index in [1.54, 1.807) is 18.2 Å². The summed E-state index contributed by atoms with van der Waals surface area (Å²) in [5.41, 5.74) is 0.636. The summed E-state index contributed by atoms with van der Waals surface area (Å²) in [6.45, 7) is 7.54. The summed E-state index contributed by atoms with van der Waals surface area (Å²) < 4.78 is 10.3. The molecule has 0 aliphatic rings. The topological polar surface area (TPSA) is 47.6 Å². The fraction of sp³-hybridized carbons (Fsp3) is 0.308. The van der Waals surface area contributed by atoms with Gasteiger partial charge in [-0.05, 0) is 26.0 Å². The Balaban J connectivity index is 2.58. The number of amides is 1. The lowest BCUT2D eigenvalue weighted by molar-refractivity contribution is 0.174. The van der Waals surface area contributed by atoms with E-state index in [0.717, 1.165) is 0 Å². The van der Waals surface area contributed by atoms with Crippen LogP contribution in [0.25, 0.3) is 0 Å². The molecule has 0 heterocycles. The molecule has 0 radical (unpaired) electrons. The molecule has 0 aliphatic heterocycles. The van der Waals surface area contributed by atoms with Crippen LogP contribution in [-0.2, 0) is 4.74 Å². The highest BCUT2D eigenvalue weighted by Gasteiger charge is 2.03. The number of carbonyl (C=O) groups is 1. The van der Waals surface area contributed by atoms with Crippen LogP contribution in [0.4, 0.5) is 10.5 Å². The normalized spacial score (nSPS) is 9.82. The SMILES string of the molecule is C=CCOC(=O)Nc1cccc(OC(C)C)c1. The van der Waals surface area contributed by atoms with Crippen LogP contribution in [0.5, 0.6) is 5.75 Å². The largest absolute Gasteiger partial charge is 0.491 e. The summed E-state index contributed by atoms with van der Waals surface area (Å²) in [5, 5.41) is 2.60. The average Bonchev–Trinajstić information content (AvgIpc) is 2.26. The van der Waals surface area contributed by atoms with Crippen LogP contribution in [0.15, 0.2) is 36.9 Å². The minimum absolute atomic E-state index is 0.0953. The number of carbonyl (C=O) groups excluding carboxylic acids is 1. The van der Waals surface area contributed by atoms with Crippen LogP contribution in [0.2, 0.25) is 0 Å². The molecule has 0 unspecified atom stereocenters. The third-order valence-electron chi connectivity index (χ3n) is 1.78. The van der Waals surface area contributed by atoms with Gasteiger partial charge in [0.05, 0.1) is 6.10 Å². The Labute approximate surface area is 101 Å². The molecule has 0 fully saturated rings. The smallest absolute Gasteiger partial charge is 0.411 e. The Hall–Kier alpha value is -1.97. The monoisotopic (exact) mass is 235 g/mol. The standard InChI is InChI=1S/C13H17NO3/c1-4-8-16-13(15)14-11-6-5-7-12(9-11)17-10(2)3/h4-7,9-10H,1,8H2,2-3H3,(H,14,15). The molecule has 4 nitrogen and oxygen atoms in total. The van der Waals surface area contributed by atoms with Gasteiger partial charge in [0.1, 0.15) is 12.4 Å². The Morgan fingerprint density at radius 1 is 1.53 bits per heavy atom. The summed E-state index contributed by atoms with van der Waals surface area (Å²) >= 11 is 0. The molecule has 1 rings (SSSR count). The molecule has 92 valence electrons. The predicted octanol–water partition coefficient (Wildman–Crippen LogP) is 3.21. The molecule has 0 aliphatic carbocycles. The van der Waals surface area contributed by atoms with Crippen molar-refractivity contribution < 1.29 is 14.3 Å². The van der Waals surface area contributed by atoms with E-state index in [2.05, 4.69) is 11.9 Å². The maximum Gasteiger partial charge on any atom is 0.411 e. The van der Waals surface area contributed by atoms with Crippen molar-refractivity contribution >= 4 is 11.8 Å². The van der Waals surface area contributed by atoms with Crippen LogP contribution < -0.4 is 10.1 Å². The minimum Gasteiger partial charge on any atom is -0.491 e. The highest BCUT2D eigenvalue weighted by Crippen LogP contribution is 2.18. The molecule has 1 aromatic carbocycles. The van der Waals surface area contributed by atoms with E-state index in [0.29, 0.717) is 11.4 Å². The Kier molecular flexibility index (Phi) is 5.07. The summed E-state index contributed by atoms with van der Waals surface area (Å²) in [4.78, 5) is 11.3. The first-order chi connectivity index (χ1) is 8.11. The molecule has 0 atom stereocenters. The number of nitrogens with one attached hydrogen (secondary N) is 1. The maximum atomic E-state index is 11.3. The zero-order valence-corrected chi connectivity index (χ0v) is 10.1. The lowest BCUT2D eigenvalue weighted by Gasteiger charge is -2.11. The lowest BCUT2D eigenvalue weighted by Crippen LogP contribution is -2.13. The lowest BCUT2D eigenvalue weighted by atomic mass is 10.3. The number of ether oxygens (including phenoxy) is 2. The fourth-order valence-corrected chi connectivity index (χ4v) is 1.21.